The second kappa shape index (κ2) is 6.81. The van der Waals surface area contributed by atoms with E-state index in [1.54, 1.807) is 32.9 Å². The zero-order chi connectivity index (χ0) is 17.1. The molecule has 0 aliphatic rings. The molecule has 0 saturated carbocycles. The zero-order valence-corrected chi connectivity index (χ0v) is 14.1. The summed E-state index contributed by atoms with van der Waals surface area (Å²) in [7, 11) is 0. The van der Waals surface area contributed by atoms with E-state index in [0.29, 0.717) is 6.42 Å². The number of aryl methyl sites for hydroxylation is 2. The minimum Gasteiger partial charge on any atom is -0.508 e. The molecule has 122 valence electrons. The number of amides is 1. The summed E-state index contributed by atoms with van der Waals surface area (Å²) < 4.78 is 5.19. The molecule has 0 unspecified atom stereocenters. The Labute approximate surface area is 131 Å². The summed E-state index contributed by atoms with van der Waals surface area (Å²) in [5, 5.41) is 12.2. The molecular weight excluding hydrogens is 282 g/mol. The maximum Gasteiger partial charge on any atom is 0.408 e. The highest BCUT2D eigenvalue weighted by Crippen LogP contribution is 2.22. The van der Waals surface area contributed by atoms with E-state index in [1.165, 1.54) is 6.92 Å². The second-order valence-corrected chi connectivity index (χ2v) is 6.57. The number of phenolic OH excluding ortho intramolecular Hbond substituents is 1. The molecule has 22 heavy (non-hydrogen) atoms. The Morgan fingerprint density at radius 1 is 1.23 bits per heavy atom. The number of rotatable bonds is 4. The predicted octanol–water partition coefficient (Wildman–Crippen LogP) is 3.03. The van der Waals surface area contributed by atoms with Crippen molar-refractivity contribution in [1.29, 1.82) is 0 Å². The molecule has 1 aromatic carbocycles. The van der Waals surface area contributed by atoms with E-state index in [-0.39, 0.29) is 11.5 Å². The minimum atomic E-state index is -0.656. The van der Waals surface area contributed by atoms with Gasteiger partial charge in [0, 0.05) is 6.42 Å². The monoisotopic (exact) mass is 307 g/mol. The molecule has 5 heteroatoms. The van der Waals surface area contributed by atoms with Crippen LogP contribution in [-0.4, -0.2) is 28.6 Å². The van der Waals surface area contributed by atoms with Crippen LogP contribution in [-0.2, 0) is 16.0 Å². The highest BCUT2D eigenvalue weighted by atomic mass is 16.6. The number of carbonyl (C=O) groups excluding carboxylic acids is 2. The molecule has 0 aliphatic carbocycles. The van der Waals surface area contributed by atoms with E-state index in [2.05, 4.69) is 5.32 Å². The molecule has 0 heterocycles. The van der Waals surface area contributed by atoms with Crippen LogP contribution in [0, 0.1) is 13.8 Å². The van der Waals surface area contributed by atoms with Crippen LogP contribution >= 0.6 is 0 Å². The van der Waals surface area contributed by atoms with Crippen LogP contribution in [0.15, 0.2) is 12.1 Å². The van der Waals surface area contributed by atoms with E-state index in [0.717, 1.165) is 16.7 Å². The highest BCUT2D eigenvalue weighted by molar-refractivity contribution is 5.85. The van der Waals surface area contributed by atoms with Gasteiger partial charge < -0.3 is 15.2 Å². The molecule has 1 atom stereocenters. The fraction of sp³-hybridized carbons (Fsp3) is 0.529. The van der Waals surface area contributed by atoms with Crippen molar-refractivity contribution < 1.29 is 19.4 Å². The SMILES string of the molecule is CC(=O)[C@H](Cc1c(C)cc(O)cc1C)NC(=O)OC(C)(C)C. The van der Waals surface area contributed by atoms with Crippen molar-refractivity contribution in [2.24, 2.45) is 0 Å². The smallest absolute Gasteiger partial charge is 0.408 e. The van der Waals surface area contributed by atoms with Gasteiger partial charge in [-0.25, -0.2) is 4.79 Å². The lowest BCUT2D eigenvalue weighted by Crippen LogP contribution is -2.44. The fourth-order valence-corrected chi connectivity index (χ4v) is 2.24. The Morgan fingerprint density at radius 3 is 2.14 bits per heavy atom. The molecule has 1 amide bonds. The first-order valence-electron chi connectivity index (χ1n) is 7.28. The van der Waals surface area contributed by atoms with E-state index >= 15 is 0 Å². The molecule has 0 aliphatic heterocycles. The van der Waals surface area contributed by atoms with Crippen LogP contribution < -0.4 is 5.32 Å². The van der Waals surface area contributed by atoms with Gasteiger partial charge in [0.1, 0.15) is 11.4 Å². The van der Waals surface area contributed by atoms with Crippen molar-refractivity contribution in [1.82, 2.24) is 5.32 Å². The van der Waals surface area contributed by atoms with Crippen LogP contribution in [0.25, 0.3) is 0 Å². The molecule has 1 rings (SSSR count). The summed E-state index contributed by atoms with van der Waals surface area (Å²) in [6, 6.07) is 2.64. The van der Waals surface area contributed by atoms with Crippen molar-refractivity contribution in [2.75, 3.05) is 0 Å². The van der Waals surface area contributed by atoms with Crippen molar-refractivity contribution >= 4 is 11.9 Å². The quantitative estimate of drug-likeness (QED) is 0.896. The van der Waals surface area contributed by atoms with Gasteiger partial charge in [-0.3, -0.25) is 4.79 Å². The lowest BCUT2D eigenvalue weighted by atomic mass is 9.94. The average molecular weight is 307 g/mol. The van der Waals surface area contributed by atoms with Crippen molar-refractivity contribution in [2.45, 2.75) is 59.6 Å². The Balaban J connectivity index is 2.90. The maximum absolute atomic E-state index is 11.9. The predicted molar refractivity (Wildman–Crippen MR) is 85.1 cm³/mol. The van der Waals surface area contributed by atoms with Gasteiger partial charge in [0.05, 0.1) is 6.04 Å². The van der Waals surface area contributed by atoms with Crippen molar-refractivity contribution in [3.05, 3.63) is 28.8 Å². The molecule has 0 spiro atoms. The number of phenols is 1. The number of nitrogens with one attached hydrogen (secondary N) is 1. The van der Waals surface area contributed by atoms with Gasteiger partial charge >= 0.3 is 6.09 Å². The number of ketones is 1. The molecule has 0 bridgehead atoms. The first kappa shape index (κ1) is 18.0. The molecule has 0 radical (unpaired) electrons. The Kier molecular flexibility index (Phi) is 5.58. The van der Waals surface area contributed by atoms with Gasteiger partial charge in [0.15, 0.2) is 5.78 Å². The molecule has 5 nitrogen and oxygen atoms in total. The van der Waals surface area contributed by atoms with Crippen LogP contribution in [0.1, 0.15) is 44.4 Å². The number of benzene rings is 1. The van der Waals surface area contributed by atoms with Crippen LogP contribution in [0.3, 0.4) is 0 Å². The fourth-order valence-electron chi connectivity index (χ4n) is 2.24. The van der Waals surface area contributed by atoms with Gasteiger partial charge in [-0.2, -0.15) is 0 Å². The van der Waals surface area contributed by atoms with E-state index in [9.17, 15) is 14.7 Å². The highest BCUT2D eigenvalue weighted by Gasteiger charge is 2.23. The number of alkyl carbamates (subject to hydrolysis) is 1. The normalized spacial score (nSPS) is 12.6. The summed E-state index contributed by atoms with van der Waals surface area (Å²) in [5.41, 5.74) is 2.09. The third-order valence-electron chi connectivity index (χ3n) is 3.27. The van der Waals surface area contributed by atoms with Gasteiger partial charge in [-0.15, -0.1) is 0 Å². The van der Waals surface area contributed by atoms with Gasteiger partial charge in [0.2, 0.25) is 0 Å². The lowest BCUT2D eigenvalue weighted by Gasteiger charge is -2.23. The first-order chi connectivity index (χ1) is 9.99. The summed E-state index contributed by atoms with van der Waals surface area (Å²) in [4.78, 5) is 23.7. The Morgan fingerprint density at radius 2 is 1.73 bits per heavy atom. The second-order valence-electron chi connectivity index (χ2n) is 6.57. The number of hydrogen-bond donors (Lipinski definition) is 2. The van der Waals surface area contributed by atoms with Crippen molar-refractivity contribution in [3.63, 3.8) is 0 Å². The van der Waals surface area contributed by atoms with Gasteiger partial charge in [-0.05, 0) is 70.4 Å². The molecule has 0 saturated heterocycles. The minimum absolute atomic E-state index is 0.141. The van der Waals surface area contributed by atoms with Gasteiger partial charge in [-0.1, -0.05) is 0 Å². The molecule has 2 N–H and O–H groups in total. The number of carbonyl (C=O) groups is 2. The molecular formula is C17H25NO4. The Hall–Kier alpha value is -2.04. The van der Waals surface area contributed by atoms with Crippen LogP contribution in [0.4, 0.5) is 4.79 Å². The molecule has 0 fully saturated rings. The van der Waals surface area contributed by atoms with Gasteiger partial charge in [0.25, 0.3) is 0 Å². The van der Waals surface area contributed by atoms with Crippen LogP contribution in [0.2, 0.25) is 0 Å². The number of Topliss-reactive ketones (excluding diaryl/α,β-unsaturated/α-hetero) is 1. The summed E-state index contributed by atoms with van der Waals surface area (Å²) >= 11 is 0. The summed E-state index contributed by atoms with van der Waals surface area (Å²) in [6.07, 6.45) is -0.242. The van der Waals surface area contributed by atoms with Crippen LogP contribution in [0.5, 0.6) is 5.75 Å². The van der Waals surface area contributed by atoms with Crippen molar-refractivity contribution in [3.8, 4) is 5.75 Å². The van der Waals surface area contributed by atoms with E-state index in [4.69, 9.17) is 4.74 Å². The summed E-state index contributed by atoms with van der Waals surface area (Å²) in [5.74, 6) is 0.0518. The first-order valence-corrected chi connectivity index (χ1v) is 7.28. The topological polar surface area (TPSA) is 75.6 Å². The van der Waals surface area contributed by atoms with E-state index in [1.807, 2.05) is 13.8 Å². The zero-order valence-electron chi connectivity index (χ0n) is 14.1. The van der Waals surface area contributed by atoms with E-state index < -0.39 is 17.7 Å². The number of aromatic hydroxyl groups is 1. The largest absolute Gasteiger partial charge is 0.508 e. The third kappa shape index (κ3) is 5.39. The standard InChI is InChI=1S/C17H25NO4/c1-10-7-13(20)8-11(2)14(10)9-15(12(3)19)18-16(21)22-17(4,5)6/h7-8,15,20H,9H2,1-6H3,(H,18,21)/t15-/m0/s1. The number of ether oxygens (including phenoxy) is 1. The molecule has 0 aromatic heterocycles. The third-order valence-corrected chi connectivity index (χ3v) is 3.27. The maximum atomic E-state index is 11.9. The lowest BCUT2D eigenvalue weighted by molar-refractivity contribution is -0.119. The average Bonchev–Trinajstić information content (AvgIpc) is 2.29. The summed E-state index contributed by atoms with van der Waals surface area (Å²) in [6.45, 7) is 10.5. The Bertz CT molecular complexity index is 550. The molecule has 1 aromatic rings. The number of hydrogen-bond acceptors (Lipinski definition) is 4.